The van der Waals surface area contributed by atoms with Crippen LogP contribution in [-0.4, -0.2) is 41.7 Å². The van der Waals surface area contributed by atoms with Crippen LogP contribution in [0.5, 0.6) is 0 Å². The largest absolute Gasteiger partial charge is 0.353 e. The van der Waals surface area contributed by atoms with Crippen LogP contribution in [0.2, 0.25) is 5.02 Å². The number of aliphatic imine (C=N–C) groups is 2. The first-order valence-corrected chi connectivity index (χ1v) is 8.85. The van der Waals surface area contributed by atoms with E-state index in [0.29, 0.717) is 11.1 Å². The van der Waals surface area contributed by atoms with Gasteiger partial charge in [0.2, 0.25) is 0 Å². The molecule has 0 amide bonds. The lowest BCUT2D eigenvalue weighted by atomic mass is 10.0. The summed E-state index contributed by atoms with van der Waals surface area (Å²) in [4.78, 5) is 14.3. The van der Waals surface area contributed by atoms with Crippen LogP contribution < -0.4 is 10.6 Å². The summed E-state index contributed by atoms with van der Waals surface area (Å²) in [7, 11) is 0. The number of rotatable bonds is 0. The number of fused-ring (bicyclic) bond motifs is 3. The van der Waals surface area contributed by atoms with Crippen LogP contribution in [0.25, 0.3) is 0 Å². The average Bonchev–Trinajstić information content (AvgIpc) is 2.57. The number of nitrogens with zero attached hydrogens (tertiary/aromatic N) is 4. The highest BCUT2D eigenvalue weighted by Crippen LogP contribution is 2.38. The quantitative estimate of drug-likeness (QED) is 0.786. The van der Waals surface area contributed by atoms with Gasteiger partial charge in [0.1, 0.15) is 0 Å². The summed E-state index contributed by atoms with van der Waals surface area (Å²) in [5, 5.41) is 0.709. The van der Waals surface area contributed by atoms with E-state index < -0.39 is 0 Å². The summed E-state index contributed by atoms with van der Waals surface area (Å²) in [6.45, 7) is 6.08. The zero-order chi connectivity index (χ0) is 16.8. The molecule has 6 heteroatoms. The molecule has 126 valence electrons. The van der Waals surface area contributed by atoms with Crippen molar-refractivity contribution in [2.24, 2.45) is 15.7 Å². The predicted molar refractivity (Wildman–Crippen MR) is 100 cm³/mol. The smallest absolute Gasteiger partial charge is 0.176 e. The summed E-state index contributed by atoms with van der Waals surface area (Å²) in [5.74, 6) is 1.87. The molecule has 24 heavy (non-hydrogen) atoms. The van der Waals surface area contributed by atoms with E-state index in [9.17, 15) is 0 Å². The molecule has 2 N–H and O–H groups in total. The standard InChI is InChI=1S/C18H22ClN5/c1-11-10-24-16-9-13(19)3-4-15(16)22-17(18(24)21-12(11)2)23-7-5-14(20)6-8-23/h3-4,9-10,12,14H,5-8,20H2,1-2H3. The summed E-state index contributed by atoms with van der Waals surface area (Å²) in [6, 6.07) is 6.28. The SMILES string of the molecule is CC1=CN2C(=NC1C)C(N1CCC(N)CC1)=Nc1ccc(Cl)cc12. The summed E-state index contributed by atoms with van der Waals surface area (Å²) in [5.41, 5.74) is 9.21. The number of anilines is 1. The van der Waals surface area contributed by atoms with Crippen LogP contribution in [0.4, 0.5) is 11.4 Å². The van der Waals surface area contributed by atoms with Crippen molar-refractivity contribution in [3.05, 3.63) is 35.0 Å². The fraction of sp³-hybridized carbons (Fsp3) is 0.444. The lowest BCUT2D eigenvalue weighted by molar-refractivity contribution is 0.316. The van der Waals surface area contributed by atoms with Crippen LogP contribution in [0, 0.1) is 0 Å². The summed E-state index contributed by atoms with van der Waals surface area (Å²) >= 11 is 6.21. The second-order valence-corrected chi connectivity index (χ2v) is 7.20. The molecule has 1 saturated heterocycles. The van der Waals surface area contributed by atoms with Gasteiger partial charge in [-0.15, -0.1) is 0 Å². The molecule has 3 aliphatic heterocycles. The molecule has 1 unspecified atom stereocenters. The minimum atomic E-state index is 0.161. The van der Waals surface area contributed by atoms with E-state index in [4.69, 9.17) is 27.3 Å². The van der Waals surface area contributed by atoms with Gasteiger partial charge in [-0.1, -0.05) is 11.6 Å². The molecule has 0 radical (unpaired) electrons. The van der Waals surface area contributed by atoms with E-state index in [-0.39, 0.29) is 6.04 Å². The van der Waals surface area contributed by atoms with Gasteiger partial charge >= 0.3 is 0 Å². The molecule has 1 atom stereocenters. The molecule has 0 aliphatic carbocycles. The number of halogens is 1. The van der Waals surface area contributed by atoms with Gasteiger partial charge in [0, 0.05) is 30.4 Å². The normalized spacial score (nSPS) is 24.0. The Hall–Kier alpha value is -1.85. The van der Waals surface area contributed by atoms with Crippen molar-refractivity contribution in [3.63, 3.8) is 0 Å². The molecular formula is C18H22ClN5. The minimum absolute atomic E-state index is 0.161. The van der Waals surface area contributed by atoms with Crippen molar-refractivity contribution in [2.75, 3.05) is 18.0 Å². The Labute approximate surface area is 147 Å². The second kappa shape index (κ2) is 5.90. The van der Waals surface area contributed by atoms with Crippen LogP contribution >= 0.6 is 11.6 Å². The molecule has 0 spiro atoms. The average molecular weight is 344 g/mol. The Kier molecular flexibility index (Phi) is 3.85. The maximum Gasteiger partial charge on any atom is 0.176 e. The van der Waals surface area contributed by atoms with Crippen LogP contribution in [0.1, 0.15) is 26.7 Å². The summed E-state index contributed by atoms with van der Waals surface area (Å²) in [6.07, 6.45) is 4.14. The van der Waals surface area contributed by atoms with Gasteiger partial charge in [-0.05, 0) is 50.5 Å². The number of piperidine rings is 1. The molecule has 1 fully saturated rings. The number of nitrogens with two attached hydrogens (primary N) is 1. The predicted octanol–water partition coefficient (Wildman–Crippen LogP) is 3.32. The third kappa shape index (κ3) is 2.62. The lowest BCUT2D eigenvalue weighted by Crippen LogP contribution is -2.51. The number of hydrogen-bond acceptors (Lipinski definition) is 5. The van der Waals surface area contributed by atoms with E-state index >= 15 is 0 Å². The van der Waals surface area contributed by atoms with E-state index in [1.54, 1.807) is 0 Å². The Morgan fingerprint density at radius 3 is 2.71 bits per heavy atom. The number of hydrogen-bond donors (Lipinski definition) is 1. The van der Waals surface area contributed by atoms with E-state index in [1.807, 2.05) is 18.2 Å². The highest BCUT2D eigenvalue weighted by Gasteiger charge is 2.33. The van der Waals surface area contributed by atoms with Crippen LogP contribution in [0.15, 0.2) is 40.0 Å². The van der Waals surface area contributed by atoms with Gasteiger partial charge in [-0.2, -0.15) is 0 Å². The van der Waals surface area contributed by atoms with E-state index in [0.717, 1.165) is 49.0 Å². The molecule has 0 aromatic heterocycles. The van der Waals surface area contributed by atoms with Gasteiger partial charge in [0.15, 0.2) is 11.7 Å². The molecule has 3 aliphatic rings. The van der Waals surface area contributed by atoms with Crippen molar-refractivity contribution >= 4 is 34.6 Å². The topological polar surface area (TPSA) is 57.2 Å². The maximum absolute atomic E-state index is 6.21. The zero-order valence-corrected chi connectivity index (χ0v) is 14.8. The molecule has 0 saturated carbocycles. The van der Waals surface area contributed by atoms with Gasteiger partial charge in [0.25, 0.3) is 0 Å². The molecule has 3 heterocycles. The monoisotopic (exact) mass is 343 g/mol. The molecule has 0 bridgehead atoms. The van der Waals surface area contributed by atoms with Gasteiger partial charge in [0.05, 0.1) is 17.4 Å². The van der Waals surface area contributed by atoms with Crippen LogP contribution in [0.3, 0.4) is 0 Å². The molecule has 1 aromatic rings. The van der Waals surface area contributed by atoms with Crippen molar-refractivity contribution < 1.29 is 0 Å². The Balaban J connectivity index is 1.81. The highest BCUT2D eigenvalue weighted by atomic mass is 35.5. The van der Waals surface area contributed by atoms with Crippen molar-refractivity contribution in [3.8, 4) is 0 Å². The molecule has 5 nitrogen and oxygen atoms in total. The molecular weight excluding hydrogens is 322 g/mol. The van der Waals surface area contributed by atoms with E-state index in [1.165, 1.54) is 5.57 Å². The fourth-order valence-corrected chi connectivity index (χ4v) is 3.51. The fourth-order valence-electron chi connectivity index (χ4n) is 3.34. The van der Waals surface area contributed by atoms with Crippen molar-refractivity contribution in [2.45, 2.75) is 38.8 Å². The Bertz CT molecular complexity index is 759. The number of likely N-dealkylation sites (tertiary alicyclic amines) is 1. The lowest BCUT2D eigenvalue weighted by Gasteiger charge is -2.39. The first-order valence-electron chi connectivity index (χ1n) is 8.47. The maximum atomic E-state index is 6.21. The van der Waals surface area contributed by atoms with Gasteiger partial charge in [-0.25, -0.2) is 4.99 Å². The first-order chi connectivity index (χ1) is 11.5. The first kappa shape index (κ1) is 15.7. The Morgan fingerprint density at radius 1 is 1.21 bits per heavy atom. The number of amidine groups is 2. The minimum Gasteiger partial charge on any atom is -0.353 e. The van der Waals surface area contributed by atoms with Gasteiger partial charge in [-0.3, -0.25) is 9.89 Å². The van der Waals surface area contributed by atoms with E-state index in [2.05, 4.69) is 29.8 Å². The molecule has 1 aromatic carbocycles. The second-order valence-electron chi connectivity index (χ2n) is 6.76. The highest BCUT2D eigenvalue weighted by molar-refractivity contribution is 6.48. The molecule has 4 rings (SSSR count). The summed E-state index contributed by atoms with van der Waals surface area (Å²) < 4.78 is 0. The van der Waals surface area contributed by atoms with Crippen molar-refractivity contribution in [1.82, 2.24) is 4.90 Å². The zero-order valence-electron chi connectivity index (χ0n) is 14.0. The third-order valence-electron chi connectivity index (χ3n) is 5.00. The third-order valence-corrected chi connectivity index (χ3v) is 5.23. The number of benzene rings is 1. The Morgan fingerprint density at radius 2 is 1.96 bits per heavy atom. The van der Waals surface area contributed by atoms with Crippen LogP contribution in [-0.2, 0) is 0 Å². The van der Waals surface area contributed by atoms with Crippen molar-refractivity contribution in [1.29, 1.82) is 0 Å². The van der Waals surface area contributed by atoms with Gasteiger partial charge < -0.3 is 10.6 Å².